The molecule has 0 aliphatic rings. The molecule has 1 nitrogen and oxygen atoms in total. The van der Waals surface area contributed by atoms with Crippen molar-refractivity contribution in [1.29, 1.82) is 0 Å². The maximum Gasteiger partial charge on any atom is 0.0523 e. The molecule has 1 rings (SSSR count). The number of thioether (sulfide) groups is 1. The lowest BCUT2D eigenvalue weighted by molar-refractivity contribution is 0.513. The van der Waals surface area contributed by atoms with Crippen molar-refractivity contribution in [3.8, 4) is 0 Å². The average molecular weight is 239 g/mol. The Labute approximate surface area is 102 Å². The van der Waals surface area contributed by atoms with Gasteiger partial charge in [-0.05, 0) is 18.9 Å². The van der Waals surface area contributed by atoms with Gasteiger partial charge in [-0.2, -0.15) is 0 Å². The molecule has 1 aromatic rings. The van der Waals surface area contributed by atoms with Crippen LogP contribution in [0, 0.1) is 5.92 Å². The SMILES string of the molecule is CN[C@H](c1ccccc1)[C@@H](C)C(=S)SC. The number of benzene rings is 1. The van der Waals surface area contributed by atoms with E-state index in [4.69, 9.17) is 12.2 Å². The number of hydrogen-bond acceptors (Lipinski definition) is 3. The van der Waals surface area contributed by atoms with Crippen molar-refractivity contribution in [2.45, 2.75) is 13.0 Å². The molecule has 0 fully saturated rings. The van der Waals surface area contributed by atoms with Crippen LogP contribution in [0.15, 0.2) is 30.3 Å². The summed E-state index contributed by atoms with van der Waals surface area (Å²) in [5, 5.41) is 3.33. The van der Waals surface area contributed by atoms with Crippen LogP contribution in [0.1, 0.15) is 18.5 Å². The van der Waals surface area contributed by atoms with E-state index in [1.54, 1.807) is 11.8 Å². The monoisotopic (exact) mass is 239 g/mol. The highest BCUT2D eigenvalue weighted by Crippen LogP contribution is 2.25. The van der Waals surface area contributed by atoms with E-state index >= 15 is 0 Å². The number of hydrogen-bond donors (Lipinski definition) is 1. The molecular weight excluding hydrogens is 222 g/mol. The van der Waals surface area contributed by atoms with Gasteiger partial charge in [-0.15, -0.1) is 11.8 Å². The minimum atomic E-state index is 0.311. The molecule has 2 atom stereocenters. The van der Waals surface area contributed by atoms with Gasteiger partial charge in [0.25, 0.3) is 0 Å². The van der Waals surface area contributed by atoms with E-state index in [1.165, 1.54) is 5.56 Å². The van der Waals surface area contributed by atoms with Crippen LogP contribution in [0.25, 0.3) is 0 Å². The highest BCUT2D eigenvalue weighted by Gasteiger charge is 2.20. The Morgan fingerprint density at radius 3 is 2.40 bits per heavy atom. The Hall–Kier alpha value is -0.380. The molecule has 0 heterocycles. The van der Waals surface area contributed by atoms with Gasteiger partial charge in [0, 0.05) is 12.0 Å². The van der Waals surface area contributed by atoms with Crippen LogP contribution >= 0.6 is 24.0 Å². The molecule has 1 N–H and O–H groups in total. The quantitative estimate of drug-likeness (QED) is 0.810. The van der Waals surface area contributed by atoms with Crippen LogP contribution in [-0.4, -0.2) is 17.5 Å². The van der Waals surface area contributed by atoms with Crippen molar-refractivity contribution in [3.05, 3.63) is 35.9 Å². The lowest BCUT2D eigenvalue weighted by Crippen LogP contribution is -2.26. The smallest absolute Gasteiger partial charge is 0.0523 e. The van der Waals surface area contributed by atoms with Crippen molar-refractivity contribution in [2.75, 3.05) is 13.3 Å². The Morgan fingerprint density at radius 2 is 1.93 bits per heavy atom. The van der Waals surface area contributed by atoms with Gasteiger partial charge >= 0.3 is 0 Å². The Morgan fingerprint density at radius 1 is 1.33 bits per heavy atom. The van der Waals surface area contributed by atoms with Gasteiger partial charge < -0.3 is 5.32 Å². The fraction of sp³-hybridized carbons (Fsp3) is 0.417. The first-order valence-corrected chi connectivity index (χ1v) is 6.64. The molecule has 0 aliphatic heterocycles. The molecule has 0 amide bonds. The van der Waals surface area contributed by atoms with Crippen LogP contribution < -0.4 is 5.32 Å². The van der Waals surface area contributed by atoms with Gasteiger partial charge in [0.2, 0.25) is 0 Å². The van der Waals surface area contributed by atoms with Crippen molar-refractivity contribution in [3.63, 3.8) is 0 Å². The number of thiocarbonyl (C=S) groups is 1. The predicted octanol–water partition coefficient (Wildman–Crippen LogP) is 3.27. The van der Waals surface area contributed by atoms with Crippen LogP contribution in [0.3, 0.4) is 0 Å². The first-order chi connectivity index (χ1) is 7.20. The molecule has 0 spiro atoms. The fourth-order valence-corrected chi connectivity index (χ4v) is 2.33. The Bertz CT molecular complexity index is 311. The van der Waals surface area contributed by atoms with Crippen molar-refractivity contribution < 1.29 is 0 Å². The minimum Gasteiger partial charge on any atom is -0.312 e. The van der Waals surface area contributed by atoms with E-state index < -0.39 is 0 Å². The normalized spacial score (nSPS) is 14.6. The predicted molar refractivity (Wildman–Crippen MR) is 73.5 cm³/mol. The molecule has 0 saturated carbocycles. The molecule has 0 saturated heterocycles. The molecule has 0 radical (unpaired) electrons. The van der Waals surface area contributed by atoms with Gasteiger partial charge in [-0.25, -0.2) is 0 Å². The van der Waals surface area contributed by atoms with Crippen LogP contribution in [0.2, 0.25) is 0 Å². The Balaban J connectivity index is 2.85. The zero-order chi connectivity index (χ0) is 11.3. The molecular formula is C12H17NS2. The summed E-state index contributed by atoms with van der Waals surface area (Å²) in [5.74, 6) is 0.363. The molecule has 0 aromatic heterocycles. The standard InChI is InChI=1S/C12H17NS2/c1-9(12(14)15-3)11(13-2)10-7-5-4-6-8-10/h4-9,11,13H,1-3H3/t9-,11+/m1/s1. The van der Waals surface area contributed by atoms with E-state index in [1.807, 2.05) is 19.4 Å². The van der Waals surface area contributed by atoms with E-state index in [9.17, 15) is 0 Å². The molecule has 0 bridgehead atoms. The summed E-state index contributed by atoms with van der Waals surface area (Å²) in [7, 11) is 1.98. The van der Waals surface area contributed by atoms with Crippen LogP contribution in [0.4, 0.5) is 0 Å². The number of nitrogens with one attached hydrogen (secondary N) is 1. The highest BCUT2D eigenvalue weighted by molar-refractivity contribution is 8.22. The molecule has 82 valence electrons. The first-order valence-electron chi connectivity index (χ1n) is 5.00. The molecule has 15 heavy (non-hydrogen) atoms. The van der Waals surface area contributed by atoms with Crippen molar-refractivity contribution in [2.24, 2.45) is 5.92 Å². The summed E-state index contributed by atoms with van der Waals surface area (Å²) in [5.41, 5.74) is 1.30. The lowest BCUT2D eigenvalue weighted by Gasteiger charge is -2.23. The summed E-state index contributed by atoms with van der Waals surface area (Å²) in [6.45, 7) is 2.17. The van der Waals surface area contributed by atoms with Gasteiger partial charge in [-0.1, -0.05) is 49.5 Å². The summed E-state index contributed by atoms with van der Waals surface area (Å²) < 4.78 is 1.05. The maximum absolute atomic E-state index is 5.34. The summed E-state index contributed by atoms with van der Waals surface area (Å²) in [4.78, 5) is 0. The second kappa shape index (κ2) is 6.26. The average Bonchev–Trinajstić information content (AvgIpc) is 2.30. The second-order valence-corrected chi connectivity index (χ2v) is 5.04. The van der Waals surface area contributed by atoms with Gasteiger partial charge in [0.05, 0.1) is 4.20 Å². The van der Waals surface area contributed by atoms with Crippen LogP contribution in [-0.2, 0) is 0 Å². The van der Waals surface area contributed by atoms with Crippen LogP contribution in [0.5, 0.6) is 0 Å². The molecule has 1 aromatic carbocycles. The van der Waals surface area contributed by atoms with E-state index in [0.717, 1.165) is 4.20 Å². The van der Waals surface area contributed by atoms with E-state index in [0.29, 0.717) is 12.0 Å². The topological polar surface area (TPSA) is 12.0 Å². The minimum absolute atomic E-state index is 0.311. The van der Waals surface area contributed by atoms with Gasteiger partial charge in [0.1, 0.15) is 0 Å². The third-order valence-corrected chi connectivity index (χ3v) is 4.19. The molecule has 3 heteroatoms. The van der Waals surface area contributed by atoms with Gasteiger partial charge in [0.15, 0.2) is 0 Å². The van der Waals surface area contributed by atoms with Crippen molar-refractivity contribution >= 4 is 28.2 Å². The largest absolute Gasteiger partial charge is 0.312 e. The summed E-state index contributed by atoms with van der Waals surface area (Å²) in [6.07, 6.45) is 2.04. The van der Waals surface area contributed by atoms with E-state index in [2.05, 4.69) is 36.5 Å². The Kier molecular flexibility index (Phi) is 5.29. The molecule has 0 unspecified atom stereocenters. The van der Waals surface area contributed by atoms with Crippen molar-refractivity contribution in [1.82, 2.24) is 5.32 Å². The zero-order valence-electron chi connectivity index (χ0n) is 9.36. The first kappa shape index (κ1) is 12.7. The molecule has 0 aliphatic carbocycles. The second-order valence-electron chi connectivity index (χ2n) is 3.49. The fourth-order valence-electron chi connectivity index (χ4n) is 1.69. The number of rotatable bonds is 4. The highest BCUT2D eigenvalue weighted by atomic mass is 32.2. The summed E-state index contributed by atoms with van der Waals surface area (Å²) >= 11 is 7.01. The lowest BCUT2D eigenvalue weighted by atomic mass is 9.96. The zero-order valence-corrected chi connectivity index (χ0v) is 11.0. The summed E-state index contributed by atoms with van der Waals surface area (Å²) in [6, 6.07) is 10.8. The third kappa shape index (κ3) is 3.30. The van der Waals surface area contributed by atoms with Gasteiger partial charge in [-0.3, -0.25) is 0 Å². The third-order valence-electron chi connectivity index (χ3n) is 2.54. The maximum atomic E-state index is 5.34. The van der Waals surface area contributed by atoms with E-state index in [-0.39, 0.29) is 0 Å².